The van der Waals surface area contributed by atoms with Crippen molar-refractivity contribution in [1.29, 1.82) is 0 Å². The predicted molar refractivity (Wildman–Crippen MR) is 56.7 cm³/mol. The van der Waals surface area contributed by atoms with Gasteiger partial charge in [-0.05, 0) is 12.1 Å². The first kappa shape index (κ1) is 11.0. The SMILES string of the molecule is COc1ccc(C(=O)O)c2oc(C(=O)O)cc12. The van der Waals surface area contributed by atoms with Crippen LogP contribution >= 0.6 is 0 Å². The fraction of sp³-hybridized carbons (Fsp3) is 0.0909. The Morgan fingerprint density at radius 3 is 2.47 bits per heavy atom. The van der Waals surface area contributed by atoms with Crippen molar-refractivity contribution in [3.63, 3.8) is 0 Å². The molecule has 0 spiro atoms. The lowest BCUT2D eigenvalue weighted by Crippen LogP contribution is -1.97. The number of carboxylic acid groups (broad SMARTS) is 2. The van der Waals surface area contributed by atoms with Gasteiger partial charge in [0.15, 0.2) is 5.58 Å². The minimum Gasteiger partial charge on any atom is -0.496 e. The van der Waals surface area contributed by atoms with Crippen LogP contribution in [0.15, 0.2) is 22.6 Å². The third kappa shape index (κ3) is 1.69. The molecule has 1 aromatic carbocycles. The van der Waals surface area contributed by atoms with Crippen LogP contribution in [-0.2, 0) is 0 Å². The van der Waals surface area contributed by atoms with Gasteiger partial charge in [-0.3, -0.25) is 0 Å². The molecule has 0 saturated carbocycles. The summed E-state index contributed by atoms with van der Waals surface area (Å²) >= 11 is 0. The molecule has 0 aliphatic carbocycles. The van der Waals surface area contributed by atoms with E-state index in [0.29, 0.717) is 11.1 Å². The van der Waals surface area contributed by atoms with Crippen LogP contribution in [0.4, 0.5) is 0 Å². The Bertz CT molecular complexity index is 610. The fourth-order valence-electron chi connectivity index (χ4n) is 1.55. The predicted octanol–water partition coefficient (Wildman–Crippen LogP) is 1.84. The first-order valence-corrected chi connectivity index (χ1v) is 4.61. The standard InChI is InChI=1S/C11H8O6/c1-16-7-3-2-5(10(12)13)9-6(7)4-8(17-9)11(14)15/h2-4H,1H3,(H,12,13)(H,14,15). The van der Waals surface area contributed by atoms with Crippen molar-refractivity contribution in [3.8, 4) is 5.75 Å². The first-order chi connectivity index (χ1) is 8.04. The summed E-state index contributed by atoms with van der Waals surface area (Å²) in [4.78, 5) is 21.7. The van der Waals surface area contributed by atoms with E-state index in [-0.39, 0.29) is 16.9 Å². The van der Waals surface area contributed by atoms with Crippen LogP contribution < -0.4 is 4.74 Å². The number of methoxy groups -OCH3 is 1. The van der Waals surface area contributed by atoms with Crippen LogP contribution in [0, 0.1) is 0 Å². The zero-order chi connectivity index (χ0) is 12.6. The lowest BCUT2D eigenvalue weighted by atomic mass is 10.1. The molecular weight excluding hydrogens is 228 g/mol. The molecule has 1 aromatic heterocycles. The first-order valence-electron chi connectivity index (χ1n) is 4.61. The largest absolute Gasteiger partial charge is 0.496 e. The lowest BCUT2D eigenvalue weighted by molar-refractivity contribution is 0.0656. The van der Waals surface area contributed by atoms with Crippen LogP contribution in [0.25, 0.3) is 11.0 Å². The maximum Gasteiger partial charge on any atom is 0.371 e. The van der Waals surface area contributed by atoms with Crippen molar-refractivity contribution in [1.82, 2.24) is 0 Å². The van der Waals surface area contributed by atoms with Gasteiger partial charge in [-0.25, -0.2) is 9.59 Å². The van der Waals surface area contributed by atoms with E-state index in [2.05, 4.69) is 0 Å². The summed E-state index contributed by atoms with van der Waals surface area (Å²) in [5, 5.41) is 18.1. The van der Waals surface area contributed by atoms with E-state index >= 15 is 0 Å². The van der Waals surface area contributed by atoms with Crippen molar-refractivity contribution >= 4 is 22.9 Å². The van der Waals surface area contributed by atoms with Gasteiger partial charge in [0.2, 0.25) is 5.76 Å². The average molecular weight is 236 g/mol. The topological polar surface area (TPSA) is 97.0 Å². The average Bonchev–Trinajstić information content (AvgIpc) is 2.71. The summed E-state index contributed by atoms with van der Waals surface area (Å²) in [5.74, 6) is -2.42. The monoisotopic (exact) mass is 236 g/mol. The Balaban J connectivity index is 2.81. The van der Waals surface area contributed by atoms with Gasteiger partial charge in [0.1, 0.15) is 11.3 Å². The Kier molecular flexibility index (Phi) is 2.47. The Labute approximate surface area is 95.0 Å². The van der Waals surface area contributed by atoms with E-state index < -0.39 is 11.9 Å². The molecule has 2 rings (SSSR count). The molecule has 0 atom stereocenters. The highest BCUT2D eigenvalue weighted by Crippen LogP contribution is 2.31. The quantitative estimate of drug-likeness (QED) is 0.843. The maximum atomic E-state index is 10.9. The molecule has 0 aliphatic rings. The second kappa shape index (κ2) is 3.82. The lowest BCUT2D eigenvalue weighted by Gasteiger charge is -2.02. The van der Waals surface area contributed by atoms with Crippen LogP contribution in [0.3, 0.4) is 0 Å². The zero-order valence-corrected chi connectivity index (χ0v) is 8.76. The van der Waals surface area contributed by atoms with Crippen molar-refractivity contribution in [2.45, 2.75) is 0 Å². The van der Waals surface area contributed by atoms with Crippen LogP contribution in [0.5, 0.6) is 5.75 Å². The molecule has 0 unspecified atom stereocenters. The molecule has 17 heavy (non-hydrogen) atoms. The summed E-state index contributed by atoms with van der Waals surface area (Å²) < 4.78 is 10.0. The summed E-state index contributed by atoms with van der Waals surface area (Å²) in [5.41, 5.74) is -0.109. The Hall–Kier alpha value is -2.50. The second-order valence-electron chi connectivity index (χ2n) is 3.28. The minimum atomic E-state index is -1.26. The highest BCUT2D eigenvalue weighted by atomic mass is 16.5. The van der Waals surface area contributed by atoms with E-state index in [1.54, 1.807) is 0 Å². The van der Waals surface area contributed by atoms with Gasteiger partial charge in [0, 0.05) is 6.07 Å². The van der Waals surface area contributed by atoms with E-state index in [4.69, 9.17) is 19.4 Å². The molecule has 1 heterocycles. The number of carboxylic acids is 2. The highest BCUT2D eigenvalue weighted by molar-refractivity contribution is 6.05. The molecule has 6 nitrogen and oxygen atoms in total. The van der Waals surface area contributed by atoms with Crippen LogP contribution in [0.1, 0.15) is 20.9 Å². The molecule has 0 saturated heterocycles. The Morgan fingerprint density at radius 2 is 1.94 bits per heavy atom. The second-order valence-corrected chi connectivity index (χ2v) is 3.28. The maximum absolute atomic E-state index is 10.9. The highest BCUT2D eigenvalue weighted by Gasteiger charge is 2.19. The van der Waals surface area contributed by atoms with Crippen LogP contribution in [0.2, 0.25) is 0 Å². The van der Waals surface area contributed by atoms with Gasteiger partial charge in [0.05, 0.1) is 12.5 Å². The molecule has 6 heteroatoms. The molecule has 0 radical (unpaired) electrons. The number of rotatable bonds is 3. The van der Waals surface area contributed by atoms with E-state index in [0.717, 1.165) is 0 Å². The van der Waals surface area contributed by atoms with Gasteiger partial charge >= 0.3 is 11.9 Å². The number of benzene rings is 1. The summed E-state index contributed by atoms with van der Waals surface area (Å²) in [7, 11) is 1.41. The van der Waals surface area contributed by atoms with Gasteiger partial charge in [0.25, 0.3) is 0 Å². The summed E-state index contributed by atoms with van der Waals surface area (Å²) in [6, 6.07) is 3.99. The summed E-state index contributed by atoms with van der Waals surface area (Å²) in [6.45, 7) is 0. The molecule has 2 aromatic rings. The number of hydrogen-bond acceptors (Lipinski definition) is 4. The van der Waals surface area contributed by atoms with Crippen molar-refractivity contribution in [3.05, 3.63) is 29.5 Å². The van der Waals surface area contributed by atoms with Gasteiger partial charge in [-0.15, -0.1) is 0 Å². The fourth-order valence-corrected chi connectivity index (χ4v) is 1.55. The van der Waals surface area contributed by atoms with E-state index in [9.17, 15) is 9.59 Å². The zero-order valence-electron chi connectivity index (χ0n) is 8.76. The molecule has 0 aliphatic heterocycles. The Morgan fingerprint density at radius 1 is 1.24 bits per heavy atom. The van der Waals surface area contributed by atoms with Crippen molar-refractivity contribution in [2.75, 3.05) is 7.11 Å². The number of carbonyl (C=O) groups is 2. The number of furan rings is 1. The number of ether oxygens (including phenoxy) is 1. The molecule has 0 fully saturated rings. The van der Waals surface area contributed by atoms with Gasteiger partial charge in [-0.2, -0.15) is 0 Å². The summed E-state index contributed by atoms with van der Waals surface area (Å²) in [6.07, 6.45) is 0. The van der Waals surface area contributed by atoms with Gasteiger partial charge in [-0.1, -0.05) is 0 Å². The molecule has 0 bridgehead atoms. The third-order valence-corrected chi connectivity index (χ3v) is 2.30. The molecule has 0 amide bonds. The molecular formula is C11H8O6. The van der Waals surface area contributed by atoms with Crippen molar-refractivity contribution in [2.24, 2.45) is 0 Å². The van der Waals surface area contributed by atoms with Gasteiger partial charge < -0.3 is 19.4 Å². The smallest absolute Gasteiger partial charge is 0.371 e. The minimum absolute atomic E-state index is 0.00532. The normalized spacial score (nSPS) is 10.4. The third-order valence-electron chi connectivity index (χ3n) is 2.30. The molecule has 88 valence electrons. The molecule has 2 N–H and O–H groups in total. The van der Waals surface area contributed by atoms with Crippen molar-refractivity contribution < 1.29 is 29.0 Å². The number of aromatic carboxylic acids is 2. The number of hydrogen-bond donors (Lipinski definition) is 2. The van der Waals surface area contributed by atoms with Crippen LogP contribution in [-0.4, -0.2) is 29.3 Å². The number of fused-ring (bicyclic) bond motifs is 1. The van der Waals surface area contributed by atoms with E-state index in [1.165, 1.54) is 25.3 Å². The van der Waals surface area contributed by atoms with E-state index in [1.807, 2.05) is 0 Å².